The Kier molecular flexibility index (Phi) is 5.42. The molecule has 1 unspecified atom stereocenters. The summed E-state index contributed by atoms with van der Waals surface area (Å²) in [7, 11) is 0. The first-order chi connectivity index (χ1) is 13.1. The van der Waals surface area contributed by atoms with Gasteiger partial charge >= 0.3 is 0 Å². The van der Waals surface area contributed by atoms with E-state index in [0.717, 1.165) is 34.6 Å². The van der Waals surface area contributed by atoms with Crippen LogP contribution in [-0.2, 0) is 6.61 Å². The molecule has 0 aliphatic carbocycles. The largest absolute Gasteiger partial charge is 0.487 e. The van der Waals surface area contributed by atoms with Gasteiger partial charge < -0.3 is 9.64 Å². The molecule has 1 aliphatic rings. The maximum absolute atomic E-state index is 6.11. The van der Waals surface area contributed by atoms with Crippen LogP contribution in [-0.4, -0.2) is 17.6 Å². The molecule has 0 spiro atoms. The van der Waals surface area contributed by atoms with Crippen molar-refractivity contribution in [1.82, 2.24) is 4.98 Å². The lowest BCUT2D eigenvalue weighted by atomic mass is 10.0. The van der Waals surface area contributed by atoms with E-state index < -0.39 is 0 Å². The van der Waals surface area contributed by atoms with E-state index in [0.29, 0.717) is 22.7 Å². The molecule has 0 N–H and O–H groups in total. The number of halogens is 2. The molecule has 3 aromatic rings. The van der Waals surface area contributed by atoms with Gasteiger partial charge in [0.15, 0.2) is 0 Å². The summed E-state index contributed by atoms with van der Waals surface area (Å²) in [6.07, 6.45) is 3.73. The van der Waals surface area contributed by atoms with Gasteiger partial charge in [-0.3, -0.25) is 0 Å². The van der Waals surface area contributed by atoms with Gasteiger partial charge in [-0.2, -0.15) is 0 Å². The van der Waals surface area contributed by atoms with Crippen molar-refractivity contribution in [3.63, 3.8) is 0 Å². The lowest BCUT2D eigenvalue weighted by Crippen LogP contribution is -2.37. The highest BCUT2D eigenvalue weighted by atomic mass is 35.5. The van der Waals surface area contributed by atoms with Crippen molar-refractivity contribution < 1.29 is 4.74 Å². The summed E-state index contributed by atoms with van der Waals surface area (Å²) < 4.78 is 6.09. The summed E-state index contributed by atoms with van der Waals surface area (Å²) in [5, 5.41) is 2.16. The van der Waals surface area contributed by atoms with Gasteiger partial charge in [-0.05, 0) is 62.1 Å². The van der Waals surface area contributed by atoms with Crippen molar-refractivity contribution >= 4 is 39.9 Å². The van der Waals surface area contributed by atoms with E-state index in [1.165, 1.54) is 19.3 Å². The van der Waals surface area contributed by atoms with Gasteiger partial charge in [0, 0.05) is 18.0 Å². The first-order valence-corrected chi connectivity index (χ1v) is 10.1. The number of hydrogen-bond acceptors (Lipinski definition) is 3. The lowest BCUT2D eigenvalue weighted by Gasteiger charge is -2.34. The molecule has 3 nitrogen and oxygen atoms in total. The van der Waals surface area contributed by atoms with Crippen molar-refractivity contribution in [1.29, 1.82) is 0 Å². The first-order valence-electron chi connectivity index (χ1n) is 9.35. The molecular formula is C22H22Cl2N2O. The minimum absolute atomic E-state index is 0.419. The fraction of sp³-hybridized carbons (Fsp3) is 0.318. The molecule has 1 fully saturated rings. The molecule has 4 rings (SSSR count). The Morgan fingerprint density at radius 2 is 1.96 bits per heavy atom. The Morgan fingerprint density at radius 1 is 1.07 bits per heavy atom. The van der Waals surface area contributed by atoms with Crippen LogP contribution in [0.2, 0.25) is 10.0 Å². The number of para-hydroxylation sites is 1. The third-order valence-electron chi connectivity index (χ3n) is 5.14. The predicted molar refractivity (Wildman–Crippen MR) is 113 cm³/mol. The fourth-order valence-electron chi connectivity index (χ4n) is 3.61. The quantitative estimate of drug-likeness (QED) is 0.499. The summed E-state index contributed by atoms with van der Waals surface area (Å²) in [6.45, 7) is 3.76. The van der Waals surface area contributed by atoms with E-state index in [2.05, 4.69) is 30.0 Å². The van der Waals surface area contributed by atoms with Crippen molar-refractivity contribution in [3.8, 4) is 5.75 Å². The monoisotopic (exact) mass is 400 g/mol. The highest BCUT2D eigenvalue weighted by molar-refractivity contribution is 6.42. The molecule has 5 heteroatoms. The number of aromatic nitrogens is 1. The van der Waals surface area contributed by atoms with Crippen LogP contribution in [0.1, 0.15) is 31.7 Å². The number of ether oxygens (including phenoxy) is 1. The van der Waals surface area contributed by atoms with Gasteiger partial charge in [0.2, 0.25) is 0 Å². The zero-order valence-electron chi connectivity index (χ0n) is 15.3. The van der Waals surface area contributed by atoms with E-state index >= 15 is 0 Å². The van der Waals surface area contributed by atoms with Crippen molar-refractivity contribution in [2.24, 2.45) is 0 Å². The van der Waals surface area contributed by atoms with Crippen molar-refractivity contribution in [2.45, 2.75) is 38.8 Å². The van der Waals surface area contributed by atoms with Crippen LogP contribution < -0.4 is 9.64 Å². The van der Waals surface area contributed by atoms with Crippen molar-refractivity contribution in [2.75, 3.05) is 11.4 Å². The maximum atomic E-state index is 6.11. The second-order valence-electron chi connectivity index (χ2n) is 7.07. The lowest BCUT2D eigenvalue weighted by molar-refractivity contribution is 0.309. The molecule has 27 heavy (non-hydrogen) atoms. The second-order valence-corrected chi connectivity index (χ2v) is 7.89. The molecule has 1 saturated heterocycles. The average molecular weight is 401 g/mol. The second kappa shape index (κ2) is 7.95. The molecule has 2 aromatic carbocycles. The number of benzene rings is 2. The summed E-state index contributed by atoms with van der Waals surface area (Å²) >= 11 is 12.1. The minimum atomic E-state index is 0.419. The van der Waals surface area contributed by atoms with Gasteiger partial charge in [0.1, 0.15) is 23.7 Å². The number of nitrogens with zero attached hydrogens (tertiary/aromatic N) is 2. The van der Waals surface area contributed by atoms with Gasteiger partial charge in [0.05, 0.1) is 10.0 Å². The SMILES string of the molecule is CC1CCCCN1c1ccc2cccc(OCc3ccc(Cl)c(Cl)c3)c2n1. The molecule has 1 aromatic heterocycles. The number of pyridine rings is 1. The van der Waals surface area contributed by atoms with E-state index in [4.69, 9.17) is 32.9 Å². The summed E-state index contributed by atoms with van der Waals surface area (Å²) in [6, 6.07) is 16.4. The first kappa shape index (κ1) is 18.4. The maximum Gasteiger partial charge on any atom is 0.146 e. The molecule has 140 valence electrons. The van der Waals surface area contributed by atoms with Crippen LogP contribution in [0.5, 0.6) is 5.75 Å². The minimum Gasteiger partial charge on any atom is -0.487 e. The van der Waals surface area contributed by atoms with Crippen LogP contribution >= 0.6 is 23.2 Å². The van der Waals surface area contributed by atoms with Crippen LogP contribution in [0.25, 0.3) is 10.9 Å². The zero-order valence-corrected chi connectivity index (χ0v) is 16.8. The molecule has 0 radical (unpaired) electrons. The van der Waals surface area contributed by atoms with E-state index in [1.807, 2.05) is 24.3 Å². The number of rotatable bonds is 4. The average Bonchev–Trinajstić information content (AvgIpc) is 2.69. The Hall–Kier alpha value is -1.97. The number of fused-ring (bicyclic) bond motifs is 1. The third-order valence-corrected chi connectivity index (χ3v) is 5.88. The van der Waals surface area contributed by atoms with E-state index in [-0.39, 0.29) is 0 Å². The Morgan fingerprint density at radius 3 is 2.78 bits per heavy atom. The van der Waals surface area contributed by atoms with Gasteiger partial charge in [-0.15, -0.1) is 0 Å². The number of hydrogen-bond donors (Lipinski definition) is 0. The highest BCUT2D eigenvalue weighted by Crippen LogP contribution is 2.30. The van der Waals surface area contributed by atoms with E-state index in [1.54, 1.807) is 6.07 Å². The Labute approximate surface area is 169 Å². The molecule has 2 heterocycles. The van der Waals surface area contributed by atoms with Gasteiger partial charge in [0.25, 0.3) is 0 Å². The normalized spacial score (nSPS) is 17.3. The standard InChI is InChI=1S/C22H22Cl2N2O/c1-15-5-2-3-12-26(15)21-11-9-17-6-4-7-20(22(17)25-21)27-14-16-8-10-18(23)19(24)13-16/h4,6-11,13,15H,2-3,5,12,14H2,1H3. The third kappa shape index (κ3) is 3.99. The van der Waals surface area contributed by atoms with Crippen molar-refractivity contribution in [3.05, 3.63) is 64.1 Å². The van der Waals surface area contributed by atoms with Gasteiger partial charge in [-0.1, -0.05) is 41.4 Å². The van der Waals surface area contributed by atoms with Crippen LogP contribution in [0.4, 0.5) is 5.82 Å². The molecule has 1 aliphatic heterocycles. The van der Waals surface area contributed by atoms with Crippen LogP contribution in [0.3, 0.4) is 0 Å². The van der Waals surface area contributed by atoms with Crippen LogP contribution in [0, 0.1) is 0 Å². The Balaban J connectivity index is 1.61. The van der Waals surface area contributed by atoms with Crippen LogP contribution in [0.15, 0.2) is 48.5 Å². The smallest absolute Gasteiger partial charge is 0.146 e. The molecule has 1 atom stereocenters. The molecule has 0 saturated carbocycles. The Bertz CT molecular complexity index is 960. The zero-order chi connectivity index (χ0) is 18.8. The number of piperidine rings is 1. The predicted octanol–water partition coefficient (Wildman–Crippen LogP) is 6.50. The molecule has 0 bridgehead atoms. The van der Waals surface area contributed by atoms with Gasteiger partial charge in [-0.25, -0.2) is 4.98 Å². The fourth-order valence-corrected chi connectivity index (χ4v) is 3.94. The summed E-state index contributed by atoms with van der Waals surface area (Å²) in [4.78, 5) is 7.35. The molecular weight excluding hydrogens is 379 g/mol. The highest BCUT2D eigenvalue weighted by Gasteiger charge is 2.20. The molecule has 0 amide bonds. The summed E-state index contributed by atoms with van der Waals surface area (Å²) in [5.41, 5.74) is 1.87. The summed E-state index contributed by atoms with van der Waals surface area (Å²) in [5.74, 6) is 1.81. The number of anilines is 1. The van der Waals surface area contributed by atoms with E-state index in [9.17, 15) is 0 Å². The topological polar surface area (TPSA) is 25.4 Å².